The first kappa shape index (κ1) is 9.53. The van der Waals surface area contributed by atoms with E-state index in [2.05, 4.69) is 43.1 Å². The lowest BCUT2D eigenvalue weighted by Crippen LogP contribution is -2.33. The molecule has 1 aliphatic heterocycles. The van der Waals surface area contributed by atoms with Crippen molar-refractivity contribution in [3.8, 4) is 0 Å². The van der Waals surface area contributed by atoms with Crippen molar-refractivity contribution in [3.05, 3.63) is 29.8 Å². The largest absolute Gasteiger partial charge is 0.371 e. The van der Waals surface area contributed by atoms with Gasteiger partial charge in [-0.2, -0.15) is 0 Å². The molecule has 1 heterocycles. The zero-order valence-corrected chi connectivity index (χ0v) is 8.90. The molecule has 0 aromatic heterocycles. The smallest absolute Gasteiger partial charge is 0.0399 e. The molecule has 1 aromatic rings. The second-order valence-corrected chi connectivity index (χ2v) is 4.31. The number of nitrogens with two attached hydrogens (primary N) is 1. The average molecular weight is 190 g/mol. The minimum Gasteiger partial charge on any atom is -0.371 e. The second kappa shape index (κ2) is 3.62. The highest BCUT2D eigenvalue weighted by atomic mass is 15.2. The minimum absolute atomic E-state index is 0.289. The summed E-state index contributed by atoms with van der Waals surface area (Å²) in [7, 11) is 2.17. The van der Waals surface area contributed by atoms with Gasteiger partial charge in [-0.3, -0.25) is 0 Å². The van der Waals surface area contributed by atoms with E-state index in [4.69, 9.17) is 5.73 Å². The summed E-state index contributed by atoms with van der Waals surface area (Å²) in [5, 5.41) is 0. The van der Waals surface area contributed by atoms with E-state index in [1.54, 1.807) is 0 Å². The Hall–Kier alpha value is -1.02. The van der Waals surface area contributed by atoms with Crippen LogP contribution in [0, 0.1) is 0 Å². The lowest BCUT2D eigenvalue weighted by Gasteiger charge is -2.23. The molecule has 2 nitrogen and oxygen atoms in total. The minimum atomic E-state index is 0.289. The summed E-state index contributed by atoms with van der Waals surface area (Å²) in [5.41, 5.74) is 8.67. The molecule has 1 aromatic carbocycles. The summed E-state index contributed by atoms with van der Waals surface area (Å²) in [5.74, 6) is 0. The molecule has 0 radical (unpaired) electrons. The maximum Gasteiger partial charge on any atom is 0.0399 e. The highest BCUT2D eigenvalue weighted by Gasteiger charge is 2.26. The van der Waals surface area contributed by atoms with E-state index in [-0.39, 0.29) is 6.04 Å². The van der Waals surface area contributed by atoms with Gasteiger partial charge in [0.1, 0.15) is 0 Å². The van der Waals surface area contributed by atoms with E-state index in [1.165, 1.54) is 11.3 Å². The Bertz CT molecular complexity index is 320. The first-order chi connectivity index (χ1) is 6.68. The molecule has 0 amide bonds. The maximum absolute atomic E-state index is 5.84. The Morgan fingerprint density at radius 1 is 1.50 bits per heavy atom. The molecular weight excluding hydrogens is 172 g/mol. The number of likely N-dealkylation sites (N-methyl/N-ethyl adjacent to an activating group) is 1. The first-order valence-electron chi connectivity index (χ1n) is 5.25. The van der Waals surface area contributed by atoms with Gasteiger partial charge in [-0.25, -0.2) is 0 Å². The molecule has 2 atom stereocenters. The molecule has 0 saturated carbocycles. The zero-order chi connectivity index (χ0) is 10.1. The van der Waals surface area contributed by atoms with Crippen LogP contribution in [0.1, 0.15) is 18.9 Å². The predicted octanol–water partition coefficient (Wildman–Crippen LogP) is 1.78. The van der Waals surface area contributed by atoms with Crippen LogP contribution in [0.5, 0.6) is 0 Å². The standard InChI is InChI=1S/C12H18N2/c1-9(13)7-11-8-10-5-3-4-6-12(10)14(11)2/h3-6,9,11H,7-8,13H2,1-2H3. The molecule has 14 heavy (non-hydrogen) atoms. The fourth-order valence-electron chi connectivity index (χ4n) is 2.29. The zero-order valence-electron chi connectivity index (χ0n) is 8.90. The number of para-hydroxylation sites is 1. The molecule has 0 bridgehead atoms. The van der Waals surface area contributed by atoms with E-state index in [0.29, 0.717) is 6.04 Å². The third-order valence-electron chi connectivity index (χ3n) is 3.02. The van der Waals surface area contributed by atoms with Crippen molar-refractivity contribution in [3.63, 3.8) is 0 Å². The number of fused-ring (bicyclic) bond motifs is 1. The Morgan fingerprint density at radius 3 is 2.86 bits per heavy atom. The van der Waals surface area contributed by atoms with Crippen molar-refractivity contribution in [1.82, 2.24) is 0 Å². The Labute approximate surface area is 85.7 Å². The van der Waals surface area contributed by atoms with E-state index in [9.17, 15) is 0 Å². The van der Waals surface area contributed by atoms with Gasteiger partial charge >= 0.3 is 0 Å². The van der Waals surface area contributed by atoms with Gasteiger partial charge in [0, 0.05) is 24.8 Å². The molecule has 2 rings (SSSR count). The maximum atomic E-state index is 5.84. The van der Waals surface area contributed by atoms with Crippen LogP contribution in [0.15, 0.2) is 24.3 Å². The molecule has 0 fully saturated rings. The molecule has 0 aliphatic carbocycles. The lowest BCUT2D eigenvalue weighted by atomic mass is 10.0. The van der Waals surface area contributed by atoms with Crippen LogP contribution in [0.2, 0.25) is 0 Å². The number of hydrogen-bond donors (Lipinski definition) is 1. The van der Waals surface area contributed by atoms with Crippen molar-refractivity contribution < 1.29 is 0 Å². The Morgan fingerprint density at radius 2 is 2.21 bits per heavy atom. The summed E-state index contributed by atoms with van der Waals surface area (Å²) in [6.45, 7) is 2.08. The van der Waals surface area contributed by atoms with Crippen LogP contribution in [-0.4, -0.2) is 19.1 Å². The molecule has 2 N–H and O–H groups in total. The van der Waals surface area contributed by atoms with Gasteiger partial charge in [0.2, 0.25) is 0 Å². The summed E-state index contributed by atoms with van der Waals surface area (Å²) in [6, 6.07) is 9.50. The molecule has 0 saturated heterocycles. The molecule has 0 spiro atoms. The van der Waals surface area contributed by atoms with Gasteiger partial charge in [0.15, 0.2) is 0 Å². The van der Waals surface area contributed by atoms with Gasteiger partial charge in [-0.1, -0.05) is 18.2 Å². The molecule has 2 unspecified atom stereocenters. The van der Waals surface area contributed by atoms with Gasteiger partial charge in [0.05, 0.1) is 0 Å². The number of hydrogen-bond acceptors (Lipinski definition) is 2. The summed E-state index contributed by atoms with van der Waals surface area (Å²) in [6.07, 6.45) is 2.22. The van der Waals surface area contributed by atoms with Crippen LogP contribution < -0.4 is 10.6 Å². The van der Waals surface area contributed by atoms with Crippen molar-refractivity contribution in [2.75, 3.05) is 11.9 Å². The third-order valence-corrected chi connectivity index (χ3v) is 3.02. The van der Waals surface area contributed by atoms with Crippen LogP contribution in [0.4, 0.5) is 5.69 Å². The summed E-state index contributed by atoms with van der Waals surface area (Å²) in [4.78, 5) is 2.36. The van der Waals surface area contributed by atoms with Crippen LogP contribution in [-0.2, 0) is 6.42 Å². The summed E-state index contributed by atoms with van der Waals surface area (Å²) >= 11 is 0. The Kier molecular flexibility index (Phi) is 2.46. The highest BCUT2D eigenvalue weighted by molar-refractivity contribution is 5.58. The van der Waals surface area contributed by atoms with Gasteiger partial charge in [0.25, 0.3) is 0 Å². The molecule has 76 valence electrons. The molecule has 2 heteroatoms. The SMILES string of the molecule is CC(N)CC1Cc2ccccc2N1C. The quantitative estimate of drug-likeness (QED) is 0.770. The molecule has 1 aliphatic rings. The fourth-order valence-corrected chi connectivity index (χ4v) is 2.29. The second-order valence-electron chi connectivity index (χ2n) is 4.31. The van der Waals surface area contributed by atoms with Crippen LogP contribution in [0.3, 0.4) is 0 Å². The topological polar surface area (TPSA) is 29.3 Å². The van der Waals surface area contributed by atoms with Crippen molar-refractivity contribution >= 4 is 5.69 Å². The van der Waals surface area contributed by atoms with Crippen LogP contribution >= 0.6 is 0 Å². The van der Waals surface area contributed by atoms with Crippen LogP contribution in [0.25, 0.3) is 0 Å². The van der Waals surface area contributed by atoms with E-state index >= 15 is 0 Å². The number of rotatable bonds is 2. The number of benzene rings is 1. The van der Waals surface area contributed by atoms with Gasteiger partial charge in [-0.15, -0.1) is 0 Å². The van der Waals surface area contributed by atoms with Crippen molar-refractivity contribution in [2.45, 2.75) is 31.8 Å². The first-order valence-corrected chi connectivity index (χ1v) is 5.25. The third kappa shape index (κ3) is 1.62. The number of anilines is 1. The Balaban J connectivity index is 2.17. The van der Waals surface area contributed by atoms with Gasteiger partial charge < -0.3 is 10.6 Å². The van der Waals surface area contributed by atoms with E-state index < -0.39 is 0 Å². The van der Waals surface area contributed by atoms with Gasteiger partial charge in [-0.05, 0) is 31.4 Å². The average Bonchev–Trinajstić information content (AvgIpc) is 2.44. The number of nitrogens with zero attached hydrogens (tertiary/aromatic N) is 1. The normalized spacial score (nSPS) is 22.2. The summed E-state index contributed by atoms with van der Waals surface area (Å²) < 4.78 is 0. The monoisotopic (exact) mass is 190 g/mol. The van der Waals surface area contributed by atoms with Crippen molar-refractivity contribution in [1.29, 1.82) is 0 Å². The van der Waals surface area contributed by atoms with E-state index in [1.807, 2.05) is 0 Å². The molecular formula is C12H18N2. The van der Waals surface area contributed by atoms with E-state index in [0.717, 1.165) is 12.8 Å². The lowest BCUT2D eigenvalue weighted by molar-refractivity contribution is 0.544. The predicted molar refractivity (Wildman–Crippen MR) is 60.6 cm³/mol. The van der Waals surface area contributed by atoms with Crippen molar-refractivity contribution in [2.24, 2.45) is 5.73 Å². The highest BCUT2D eigenvalue weighted by Crippen LogP contribution is 2.31. The fraction of sp³-hybridized carbons (Fsp3) is 0.500.